The lowest BCUT2D eigenvalue weighted by Crippen LogP contribution is -2.45. The van der Waals surface area contributed by atoms with Crippen molar-refractivity contribution in [3.05, 3.63) is 28.5 Å². The Hall–Kier alpha value is -1.40. The van der Waals surface area contributed by atoms with Gasteiger partial charge in [-0.2, -0.15) is 0 Å². The second-order valence-electron chi connectivity index (χ2n) is 5.06. The van der Waals surface area contributed by atoms with Gasteiger partial charge in [0.2, 0.25) is 0 Å². The van der Waals surface area contributed by atoms with Crippen molar-refractivity contribution in [1.29, 1.82) is 0 Å². The average Bonchev–Trinajstić information content (AvgIpc) is 2.82. The number of aromatic nitrogens is 2. The monoisotopic (exact) mass is 337 g/mol. The number of benzene rings is 1. The first-order valence-electron chi connectivity index (χ1n) is 6.75. The fourth-order valence-electron chi connectivity index (χ4n) is 2.59. The van der Waals surface area contributed by atoms with Crippen molar-refractivity contribution in [2.45, 2.75) is 25.3 Å². The van der Waals surface area contributed by atoms with E-state index in [1.807, 2.05) is 6.07 Å². The molecule has 1 fully saturated rings. The molecule has 2 aromatic rings. The Morgan fingerprint density at radius 3 is 2.95 bits per heavy atom. The Labute approximate surface area is 125 Å². The maximum Gasteiger partial charge on any atom is 0.256 e. The van der Waals surface area contributed by atoms with Gasteiger partial charge >= 0.3 is 0 Å². The molecule has 0 unspecified atom stereocenters. The van der Waals surface area contributed by atoms with Crippen LogP contribution in [0.4, 0.5) is 0 Å². The molecule has 0 spiro atoms. The zero-order chi connectivity index (χ0) is 14.1. The van der Waals surface area contributed by atoms with Crippen LogP contribution in [-0.2, 0) is 0 Å². The number of imidazole rings is 1. The van der Waals surface area contributed by atoms with E-state index in [9.17, 15) is 9.90 Å². The van der Waals surface area contributed by atoms with Crippen molar-refractivity contribution in [1.82, 2.24) is 14.9 Å². The van der Waals surface area contributed by atoms with E-state index in [1.54, 1.807) is 17.3 Å². The summed E-state index contributed by atoms with van der Waals surface area (Å²) >= 11 is 3.42. The molecule has 0 aliphatic heterocycles. The summed E-state index contributed by atoms with van der Waals surface area (Å²) in [7, 11) is 0. The number of nitrogens with one attached hydrogen (secondary N) is 1. The Morgan fingerprint density at radius 2 is 2.30 bits per heavy atom. The first kappa shape index (κ1) is 13.6. The summed E-state index contributed by atoms with van der Waals surface area (Å²) in [6.45, 7) is 0.363. The van der Waals surface area contributed by atoms with E-state index in [1.165, 1.54) is 0 Å². The quantitative estimate of drug-likeness (QED) is 0.899. The van der Waals surface area contributed by atoms with E-state index >= 15 is 0 Å². The molecule has 1 aromatic carbocycles. The van der Waals surface area contributed by atoms with Crippen LogP contribution in [0.15, 0.2) is 22.9 Å². The molecular weight excluding hydrogens is 322 g/mol. The minimum atomic E-state index is -0.0536. The summed E-state index contributed by atoms with van der Waals surface area (Å²) in [6.07, 6.45) is 4.77. The number of carbonyl (C=O) groups excluding carboxylic acids is 1. The highest BCUT2D eigenvalue weighted by Crippen LogP contribution is 2.28. The van der Waals surface area contributed by atoms with Crippen LogP contribution in [0.1, 0.15) is 29.6 Å². The standard InChI is InChI=1S/C14H16BrN3O2/c15-9-6-11(13-12(7-9)16-8-17-13)14(20)18(4-5-19)10-2-1-3-10/h6-8,10,19H,1-5H2,(H,16,17). The zero-order valence-electron chi connectivity index (χ0n) is 11.0. The molecule has 1 aromatic heterocycles. The van der Waals surface area contributed by atoms with Crippen molar-refractivity contribution in [2.24, 2.45) is 0 Å². The first-order chi connectivity index (χ1) is 9.70. The molecule has 5 nitrogen and oxygen atoms in total. The van der Waals surface area contributed by atoms with Gasteiger partial charge in [0, 0.05) is 17.1 Å². The summed E-state index contributed by atoms with van der Waals surface area (Å²) < 4.78 is 0.843. The van der Waals surface area contributed by atoms with Crippen LogP contribution in [0.5, 0.6) is 0 Å². The third-order valence-electron chi connectivity index (χ3n) is 3.84. The summed E-state index contributed by atoms with van der Waals surface area (Å²) in [4.78, 5) is 21.8. The SMILES string of the molecule is O=C(c1cc(Br)cc2[nH]cnc12)N(CCO)C1CCC1. The van der Waals surface area contributed by atoms with Gasteiger partial charge in [-0.15, -0.1) is 0 Å². The van der Waals surface area contributed by atoms with Gasteiger partial charge in [0.25, 0.3) is 5.91 Å². The van der Waals surface area contributed by atoms with E-state index in [0.29, 0.717) is 17.6 Å². The Morgan fingerprint density at radius 1 is 1.50 bits per heavy atom. The van der Waals surface area contributed by atoms with E-state index < -0.39 is 0 Å². The van der Waals surface area contributed by atoms with Crippen LogP contribution in [0, 0.1) is 0 Å². The predicted molar refractivity (Wildman–Crippen MR) is 79.6 cm³/mol. The Kier molecular flexibility index (Phi) is 3.76. The van der Waals surface area contributed by atoms with Crippen LogP contribution in [-0.4, -0.2) is 45.1 Å². The van der Waals surface area contributed by atoms with Crippen molar-refractivity contribution in [3.8, 4) is 0 Å². The highest BCUT2D eigenvalue weighted by atomic mass is 79.9. The highest BCUT2D eigenvalue weighted by molar-refractivity contribution is 9.10. The maximum absolute atomic E-state index is 12.8. The predicted octanol–water partition coefficient (Wildman–Crippen LogP) is 2.31. The topological polar surface area (TPSA) is 69.2 Å². The maximum atomic E-state index is 12.8. The number of H-pyrrole nitrogens is 1. The number of aliphatic hydroxyl groups excluding tert-OH is 1. The lowest BCUT2D eigenvalue weighted by atomic mass is 9.91. The second kappa shape index (κ2) is 5.54. The molecule has 0 atom stereocenters. The van der Waals surface area contributed by atoms with Crippen molar-refractivity contribution >= 4 is 32.9 Å². The fourth-order valence-corrected chi connectivity index (χ4v) is 3.05. The number of halogens is 1. The molecule has 0 radical (unpaired) electrons. The highest BCUT2D eigenvalue weighted by Gasteiger charge is 2.30. The first-order valence-corrected chi connectivity index (χ1v) is 7.54. The summed E-state index contributed by atoms with van der Waals surface area (Å²) in [5, 5.41) is 9.20. The largest absolute Gasteiger partial charge is 0.395 e. The van der Waals surface area contributed by atoms with Gasteiger partial charge in [0.05, 0.1) is 24.0 Å². The summed E-state index contributed by atoms with van der Waals surface area (Å²) in [5.74, 6) is -0.0536. The number of hydrogen-bond donors (Lipinski definition) is 2. The number of rotatable bonds is 4. The van der Waals surface area contributed by atoms with Crippen molar-refractivity contribution < 1.29 is 9.90 Å². The number of carbonyl (C=O) groups is 1. The number of aromatic amines is 1. The average molecular weight is 338 g/mol. The second-order valence-corrected chi connectivity index (χ2v) is 5.97. The molecule has 20 heavy (non-hydrogen) atoms. The van der Waals surface area contributed by atoms with E-state index in [-0.39, 0.29) is 18.6 Å². The molecule has 6 heteroatoms. The van der Waals surface area contributed by atoms with Gasteiger partial charge in [-0.1, -0.05) is 15.9 Å². The van der Waals surface area contributed by atoms with Crippen molar-refractivity contribution in [3.63, 3.8) is 0 Å². The molecule has 1 saturated carbocycles. The van der Waals surface area contributed by atoms with E-state index in [2.05, 4.69) is 25.9 Å². The molecular formula is C14H16BrN3O2. The number of hydrogen-bond acceptors (Lipinski definition) is 3. The number of nitrogens with zero attached hydrogens (tertiary/aromatic N) is 2. The van der Waals surface area contributed by atoms with Crippen LogP contribution < -0.4 is 0 Å². The lowest BCUT2D eigenvalue weighted by molar-refractivity contribution is 0.0527. The van der Waals surface area contributed by atoms with Crippen LogP contribution in [0.25, 0.3) is 11.0 Å². The summed E-state index contributed by atoms with van der Waals surface area (Å²) in [6, 6.07) is 3.95. The molecule has 1 heterocycles. The van der Waals surface area contributed by atoms with Gasteiger partial charge in [-0.25, -0.2) is 4.98 Å². The molecule has 1 aliphatic carbocycles. The molecule has 3 rings (SSSR count). The molecule has 1 aliphatic rings. The molecule has 0 bridgehead atoms. The number of fused-ring (bicyclic) bond motifs is 1. The zero-order valence-corrected chi connectivity index (χ0v) is 12.6. The van der Waals surface area contributed by atoms with Crippen LogP contribution in [0.3, 0.4) is 0 Å². The Balaban J connectivity index is 1.99. The summed E-state index contributed by atoms with van der Waals surface area (Å²) in [5.41, 5.74) is 2.09. The number of amides is 1. The van der Waals surface area contributed by atoms with E-state index in [0.717, 1.165) is 29.3 Å². The smallest absolute Gasteiger partial charge is 0.256 e. The van der Waals surface area contributed by atoms with Gasteiger partial charge in [0.1, 0.15) is 5.52 Å². The molecule has 106 valence electrons. The van der Waals surface area contributed by atoms with Gasteiger partial charge in [-0.05, 0) is 31.4 Å². The van der Waals surface area contributed by atoms with Crippen LogP contribution in [0.2, 0.25) is 0 Å². The third-order valence-corrected chi connectivity index (χ3v) is 4.29. The van der Waals surface area contributed by atoms with Gasteiger partial charge < -0.3 is 15.0 Å². The minimum absolute atomic E-state index is 0.0139. The van der Waals surface area contributed by atoms with Crippen LogP contribution >= 0.6 is 15.9 Å². The molecule has 2 N–H and O–H groups in total. The minimum Gasteiger partial charge on any atom is -0.395 e. The van der Waals surface area contributed by atoms with Crippen molar-refractivity contribution in [2.75, 3.05) is 13.2 Å². The van der Waals surface area contributed by atoms with Gasteiger partial charge in [0.15, 0.2) is 0 Å². The molecule has 1 amide bonds. The van der Waals surface area contributed by atoms with E-state index in [4.69, 9.17) is 0 Å². The Bertz CT molecular complexity index is 636. The third kappa shape index (κ3) is 2.33. The normalized spacial score (nSPS) is 15.3. The molecule has 0 saturated heterocycles. The fraction of sp³-hybridized carbons (Fsp3) is 0.429. The van der Waals surface area contributed by atoms with Gasteiger partial charge in [-0.3, -0.25) is 4.79 Å². The lowest BCUT2D eigenvalue weighted by Gasteiger charge is -2.37. The number of aliphatic hydroxyl groups is 1.